The fraction of sp³-hybridized carbons (Fsp3) is 0.533. The molecule has 0 heterocycles. The summed E-state index contributed by atoms with van der Waals surface area (Å²) in [6.45, 7) is 8.68. The van der Waals surface area contributed by atoms with Crippen LogP contribution in [0.1, 0.15) is 39.7 Å². The Morgan fingerprint density at radius 3 is 2.05 bits per heavy atom. The first-order valence-electron chi connectivity index (χ1n) is 6.26. The van der Waals surface area contributed by atoms with Gasteiger partial charge in [-0.1, -0.05) is 33.1 Å². The number of phenolic OH excluding ortho intramolecular Hbond substituents is 2. The van der Waals surface area contributed by atoms with Gasteiger partial charge in [0.15, 0.2) is 11.5 Å². The van der Waals surface area contributed by atoms with Gasteiger partial charge in [0.1, 0.15) is 0 Å². The molecule has 0 fully saturated rings. The van der Waals surface area contributed by atoms with E-state index >= 15 is 0 Å². The number of phenols is 2. The molecule has 1 rings (SSSR count). The maximum Gasteiger partial charge on any atom is 1.00 e. The van der Waals surface area contributed by atoms with Gasteiger partial charge in [-0.2, -0.15) is 0 Å². The Hall–Kier alpha value is 2.97. The molecule has 0 aromatic heterocycles. The number of hydrogen-bond acceptors (Lipinski definition) is 3. The van der Waals surface area contributed by atoms with E-state index in [0.717, 1.165) is 12.0 Å². The summed E-state index contributed by atoms with van der Waals surface area (Å²) >= 11 is 1.17. The Bertz CT molecular complexity index is 471. The van der Waals surface area contributed by atoms with Crippen molar-refractivity contribution in [3.63, 3.8) is 0 Å². The SMILES string of the molecule is [CH2-]Sc1cc(C(C)(C)CC(C)(C)C[NH-])cc(O)c1O.[K+].[Y].[Y]. The zero-order valence-corrected chi connectivity index (χ0v) is 23.8. The Balaban J connectivity index is -0.00000120. The summed E-state index contributed by atoms with van der Waals surface area (Å²) in [6.07, 6.45) is 4.52. The van der Waals surface area contributed by atoms with Crippen LogP contribution in [-0.4, -0.2) is 16.8 Å². The minimum atomic E-state index is -0.180. The average Bonchev–Trinajstić information content (AvgIpc) is 2.31. The number of hydrogen-bond donors (Lipinski definition) is 2. The smallest absolute Gasteiger partial charge is 0.677 e. The van der Waals surface area contributed by atoms with Crippen molar-refractivity contribution in [3.8, 4) is 11.5 Å². The molecule has 0 aliphatic heterocycles. The van der Waals surface area contributed by atoms with Gasteiger partial charge in [0.2, 0.25) is 0 Å². The summed E-state index contributed by atoms with van der Waals surface area (Å²) in [7, 11) is 0. The van der Waals surface area contributed by atoms with Crippen molar-refractivity contribution in [1.82, 2.24) is 0 Å². The predicted octanol–water partition coefficient (Wildman–Crippen LogP) is 1.73. The number of rotatable bonds is 5. The van der Waals surface area contributed by atoms with E-state index in [1.165, 1.54) is 11.8 Å². The molecule has 22 heavy (non-hydrogen) atoms. The van der Waals surface area contributed by atoms with Gasteiger partial charge >= 0.3 is 51.4 Å². The van der Waals surface area contributed by atoms with E-state index in [0.29, 0.717) is 11.4 Å². The van der Waals surface area contributed by atoms with Crippen molar-refractivity contribution < 1.29 is 127 Å². The monoisotopic (exact) mass is 498 g/mol. The second kappa shape index (κ2) is 12.4. The van der Waals surface area contributed by atoms with E-state index < -0.39 is 0 Å². The third-order valence-electron chi connectivity index (χ3n) is 3.39. The molecular weight excluding hydrogens is 475 g/mol. The zero-order valence-electron chi connectivity index (χ0n) is 14.2. The van der Waals surface area contributed by atoms with Crippen LogP contribution in [0.4, 0.5) is 0 Å². The minimum absolute atomic E-state index is 0. The number of aromatic hydroxyl groups is 2. The molecule has 0 atom stereocenters. The summed E-state index contributed by atoms with van der Waals surface area (Å²) in [4.78, 5) is 0.576. The second-order valence-electron chi connectivity index (χ2n) is 6.39. The summed E-state index contributed by atoms with van der Waals surface area (Å²) in [5, 5.41) is 19.5. The predicted molar refractivity (Wildman–Crippen MR) is 81.6 cm³/mol. The molecule has 1 aromatic carbocycles. The average molecular weight is 498 g/mol. The van der Waals surface area contributed by atoms with Crippen LogP contribution >= 0.6 is 11.8 Å². The maximum absolute atomic E-state index is 9.80. The molecule has 0 saturated heterocycles. The van der Waals surface area contributed by atoms with Crippen LogP contribution in [0.15, 0.2) is 17.0 Å². The minimum Gasteiger partial charge on any atom is -0.677 e. The van der Waals surface area contributed by atoms with Crippen molar-refractivity contribution in [2.45, 2.75) is 44.4 Å². The van der Waals surface area contributed by atoms with Gasteiger partial charge in [0, 0.05) is 70.3 Å². The molecule has 0 aliphatic rings. The van der Waals surface area contributed by atoms with E-state index in [1.54, 1.807) is 6.07 Å². The third-order valence-corrected chi connectivity index (χ3v) is 4.01. The molecule has 114 valence electrons. The van der Waals surface area contributed by atoms with Gasteiger partial charge in [0.25, 0.3) is 0 Å². The maximum atomic E-state index is 9.80. The van der Waals surface area contributed by atoms with E-state index in [2.05, 4.69) is 34.0 Å². The van der Waals surface area contributed by atoms with Crippen LogP contribution in [0.5, 0.6) is 11.5 Å². The van der Waals surface area contributed by atoms with Crippen LogP contribution in [0.25, 0.3) is 5.73 Å². The fourth-order valence-corrected chi connectivity index (χ4v) is 2.91. The van der Waals surface area contributed by atoms with Crippen molar-refractivity contribution in [2.75, 3.05) is 6.54 Å². The molecule has 0 aliphatic carbocycles. The molecule has 0 spiro atoms. The van der Waals surface area contributed by atoms with Crippen molar-refractivity contribution in [1.29, 1.82) is 0 Å². The quantitative estimate of drug-likeness (QED) is 0.282. The van der Waals surface area contributed by atoms with Crippen molar-refractivity contribution >= 4 is 11.8 Å². The van der Waals surface area contributed by atoms with Crippen molar-refractivity contribution in [3.05, 3.63) is 29.7 Å². The van der Waals surface area contributed by atoms with Gasteiger partial charge in [0.05, 0.1) is 0 Å². The van der Waals surface area contributed by atoms with Gasteiger partial charge in [-0.25, -0.2) is 0 Å². The van der Waals surface area contributed by atoms with E-state index in [9.17, 15) is 10.2 Å². The molecule has 2 radical (unpaired) electrons. The van der Waals surface area contributed by atoms with Gasteiger partial charge in [-0.15, -0.1) is 6.54 Å². The molecule has 7 heteroatoms. The van der Waals surface area contributed by atoms with Gasteiger partial charge < -0.3 is 27.7 Å². The van der Waals surface area contributed by atoms with Crippen LogP contribution in [0.3, 0.4) is 0 Å². The van der Waals surface area contributed by atoms with Crippen LogP contribution < -0.4 is 51.4 Å². The Morgan fingerprint density at radius 2 is 1.64 bits per heavy atom. The Kier molecular flexibility index (Phi) is 16.7. The normalized spacial score (nSPS) is 11.0. The molecular formula is C15H23KNO2SY2-. The zero-order chi connectivity index (χ0) is 14.8. The molecule has 0 saturated carbocycles. The molecule has 1 aromatic rings. The summed E-state index contributed by atoms with van der Waals surface area (Å²) in [5.41, 5.74) is 8.28. The van der Waals surface area contributed by atoms with Gasteiger partial charge in [-0.05, 0) is 29.5 Å². The topological polar surface area (TPSA) is 64.3 Å². The number of nitrogens with one attached hydrogen (secondary N) is 1. The molecule has 3 N–H and O–H groups in total. The first-order valence-corrected chi connectivity index (χ1v) is 7.24. The summed E-state index contributed by atoms with van der Waals surface area (Å²) in [6, 6.07) is 3.47. The summed E-state index contributed by atoms with van der Waals surface area (Å²) < 4.78 is 0. The third kappa shape index (κ3) is 8.57. The summed E-state index contributed by atoms with van der Waals surface area (Å²) in [5.74, 6) is -0.222. The standard InChI is InChI=1S/C15H23NO2S.K.2Y/c1-14(2,9-16)8-15(3,4)10-6-11(17)13(18)12(7-10)19-5;;;/h6-7,16-18H,5,8-9H2,1-4H3;;;/q-2;+1;;. The fourth-order valence-electron chi connectivity index (χ4n) is 2.45. The molecule has 0 amide bonds. The first kappa shape index (κ1) is 29.7. The Morgan fingerprint density at radius 1 is 1.14 bits per heavy atom. The van der Waals surface area contributed by atoms with E-state index in [1.807, 2.05) is 6.07 Å². The first-order chi connectivity index (χ1) is 8.63. The largest absolute Gasteiger partial charge is 1.00 e. The molecule has 3 nitrogen and oxygen atoms in total. The van der Waals surface area contributed by atoms with Gasteiger partial charge in [-0.3, -0.25) is 6.26 Å². The van der Waals surface area contributed by atoms with Crippen LogP contribution in [0.2, 0.25) is 0 Å². The Labute approximate surface area is 231 Å². The molecule has 0 unspecified atom stereocenters. The van der Waals surface area contributed by atoms with Crippen LogP contribution in [0, 0.1) is 11.7 Å². The van der Waals surface area contributed by atoms with Crippen LogP contribution in [-0.2, 0) is 70.8 Å². The number of benzene rings is 1. The van der Waals surface area contributed by atoms with E-state index in [-0.39, 0.29) is 139 Å². The number of thioether (sulfide) groups is 1. The molecule has 0 bridgehead atoms. The van der Waals surface area contributed by atoms with E-state index in [4.69, 9.17) is 5.73 Å². The van der Waals surface area contributed by atoms with Crippen molar-refractivity contribution in [2.24, 2.45) is 5.41 Å². The second-order valence-corrected chi connectivity index (χ2v) is 7.12.